The van der Waals surface area contributed by atoms with Crippen molar-refractivity contribution >= 4 is 42.0 Å². The van der Waals surface area contributed by atoms with Gasteiger partial charge in [0.2, 0.25) is 0 Å². The van der Waals surface area contributed by atoms with Crippen LogP contribution in [0.15, 0.2) is 12.1 Å². The maximum Gasteiger partial charge on any atom is 0.541 e. The van der Waals surface area contributed by atoms with E-state index in [0.717, 1.165) is 0 Å². The van der Waals surface area contributed by atoms with E-state index in [2.05, 4.69) is 0 Å². The van der Waals surface area contributed by atoms with E-state index in [0.29, 0.717) is 80.8 Å². The highest BCUT2D eigenvalue weighted by Gasteiger charge is 2.55. The van der Waals surface area contributed by atoms with E-state index < -0.39 is 26.4 Å². The first-order chi connectivity index (χ1) is 18.3. The number of methoxy groups -OCH3 is 1. The van der Waals surface area contributed by atoms with E-state index in [1.54, 1.807) is 7.11 Å². The minimum absolute atomic E-state index is 0.380. The molecule has 1 rings (SSSR count). The van der Waals surface area contributed by atoms with Gasteiger partial charge in [0, 0.05) is 64.6 Å². The summed E-state index contributed by atoms with van der Waals surface area (Å²) < 4.78 is 63.0. The third-order valence-corrected chi connectivity index (χ3v) is 14.4. The monoisotopic (exact) mass is 594 g/mol. The van der Waals surface area contributed by atoms with Gasteiger partial charge < -0.3 is 44.6 Å². The van der Waals surface area contributed by atoms with Gasteiger partial charge in [-0.05, 0) is 74.4 Å². The lowest BCUT2D eigenvalue weighted by molar-refractivity contribution is 0.0839. The maximum absolute atomic E-state index is 6.33. The molecular weight excluding hydrogens is 545 g/mol. The van der Waals surface area contributed by atoms with Crippen molar-refractivity contribution in [2.24, 2.45) is 0 Å². The van der Waals surface area contributed by atoms with E-state index in [-0.39, 0.29) is 0 Å². The molecule has 0 spiro atoms. The van der Waals surface area contributed by atoms with Gasteiger partial charge in [0.05, 0.1) is 17.5 Å². The second-order valence-electron chi connectivity index (χ2n) is 7.67. The second kappa shape index (κ2) is 17.9. The molecule has 0 N–H and O–H groups in total. The molecule has 38 heavy (non-hydrogen) atoms. The van der Waals surface area contributed by atoms with Crippen LogP contribution in [-0.2, 0) is 39.8 Å². The van der Waals surface area contributed by atoms with Crippen LogP contribution in [0.3, 0.4) is 0 Å². The highest BCUT2D eigenvalue weighted by molar-refractivity contribution is 6.83. The molecule has 0 atom stereocenters. The molecule has 10 nitrogen and oxygen atoms in total. The molecule has 1 aromatic carbocycles. The van der Waals surface area contributed by atoms with Crippen LogP contribution in [0, 0.1) is 0 Å². The Bertz CT molecular complexity index is 701. The van der Waals surface area contributed by atoms with E-state index in [4.69, 9.17) is 44.6 Å². The highest BCUT2D eigenvalue weighted by Crippen LogP contribution is 2.24. The van der Waals surface area contributed by atoms with Crippen LogP contribution in [0.25, 0.3) is 0 Å². The van der Waals surface area contributed by atoms with E-state index >= 15 is 0 Å². The molecule has 1 aromatic rings. The SMILES string of the molecule is CCO[Si](OCC)(OCC)c1cc([Si](OCC)(OCC)OCC)c(OC)c([Si](OCC)(OCC)OCC)c1. The fourth-order valence-corrected chi connectivity index (χ4v) is 12.6. The summed E-state index contributed by atoms with van der Waals surface area (Å²) in [6.07, 6.45) is 0. The average Bonchev–Trinajstić information content (AvgIpc) is 2.89. The summed E-state index contributed by atoms with van der Waals surface area (Å²) in [6.45, 7) is 20.7. The summed E-state index contributed by atoms with van der Waals surface area (Å²) in [5.74, 6) is 0.491. The molecule has 0 aliphatic rings. The summed E-state index contributed by atoms with van der Waals surface area (Å²) in [4.78, 5) is 0. The zero-order chi connectivity index (χ0) is 28.7. The van der Waals surface area contributed by atoms with Crippen LogP contribution in [0.4, 0.5) is 0 Å². The van der Waals surface area contributed by atoms with Gasteiger partial charge in [0.25, 0.3) is 0 Å². The molecule has 13 heteroatoms. The third-order valence-electron chi connectivity index (χ3n) is 5.32. The van der Waals surface area contributed by atoms with Crippen LogP contribution in [0.1, 0.15) is 62.3 Å². The molecule has 0 saturated heterocycles. The van der Waals surface area contributed by atoms with Crippen molar-refractivity contribution in [2.45, 2.75) is 62.3 Å². The summed E-state index contributed by atoms with van der Waals surface area (Å²) >= 11 is 0. The minimum Gasteiger partial charge on any atom is -0.496 e. The second-order valence-corrected chi connectivity index (χ2v) is 15.3. The zero-order valence-corrected chi connectivity index (χ0v) is 28.1. The van der Waals surface area contributed by atoms with Gasteiger partial charge in [-0.25, -0.2) is 0 Å². The fraction of sp³-hybridized carbons (Fsp3) is 0.760. The lowest BCUT2D eigenvalue weighted by Crippen LogP contribution is -2.66. The first kappa shape index (κ1) is 35.3. The van der Waals surface area contributed by atoms with Crippen molar-refractivity contribution in [2.75, 3.05) is 66.6 Å². The quantitative estimate of drug-likeness (QED) is 0.187. The highest BCUT2D eigenvalue weighted by atomic mass is 28.4. The lowest BCUT2D eigenvalue weighted by Gasteiger charge is -2.36. The zero-order valence-electron chi connectivity index (χ0n) is 25.1. The maximum atomic E-state index is 6.33. The third kappa shape index (κ3) is 8.17. The van der Waals surface area contributed by atoms with E-state index in [1.807, 2.05) is 74.4 Å². The Labute approximate surface area is 233 Å². The van der Waals surface area contributed by atoms with E-state index in [1.165, 1.54) is 0 Å². The Morgan fingerprint density at radius 3 is 0.868 bits per heavy atom. The van der Waals surface area contributed by atoms with E-state index in [9.17, 15) is 0 Å². The molecule has 0 saturated carbocycles. The van der Waals surface area contributed by atoms with Gasteiger partial charge in [-0.2, -0.15) is 0 Å². The van der Waals surface area contributed by atoms with Crippen LogP contribution in [0.2, 0.25) is 0 Å². The number of hydrogen-bond donors (Lipinski definition) is 0. The topological polar surface area (TPSA) is 92.3 Å². The van der Waals surface area contributed by atoms with Crippen molar-refractivity contribution in [1.29, 1.82) is 0 Å². The average molecular weight is 595 g/mol. The molecule has 0 aliphatic carbocycles. The van der Waals surface area contributed by atoms with Gasteiger partial charge in [-0.3, -0.25) is 0 Å². The molecule has 0 unspecified atom stereocenters. The van der Waals surface area contributed by atoms with Crippen molar-refractivity contribution < 1.29 is 44.6 Å². The Kier molecular flexibility index (Phi) is 16.6. The standard InChI is InChI=1S/C25H50O10Si3/c1-11-27-36(28-12-2,29-13-3)22-20-23(37(30-14-4,31-15-5)32-16-6)25(26-10)24(21-22)38(33-17-7,34-18-8)35-19-9/h20-21H,11-19H2,1-10H3. The molecule has 0 heterocycles. The summed E-state index contributed by atoms with van der Waals surface area (Å²) in [5.41, 5.74) is 0. The smallest absolute Gasteiger partial charge is 0.496 e. The van der Waals surface area contributed by atoms with Crippen molar-refractivity contribution in [3.05, 3.63) is 12.1 Å². The normalized spacial score (nSPS) is 12.8. The van der Waals surface area contributed by atoms with Crippen molar-refractivity contribution in [3.8, 4) is 5.75 Å². The van der Waals surface area contributed by atoms with Crippen molar-refractivity contribution in [1.82, 2.24) is 0 Å². The van der Waals surface area contributed by atoms with Crippen molar-refractivity contribution in [3.63, 3.8) is 0 Å². The number of ether oxygens (including phenoxy) is 1. The fourth-order valence-electron chi connectivity index (χ4n) is 4.28. The molecule has 0 fully saturated rings. The predicted octanol–water partition coefficient (Wildman–Crippen LogP) is 2.46. The number of rotatable bonds is 22. The predicted molar refractivity (Wildman–Crippen MR) is 154 cm³/mol. The molecule has 222 valence electrons. The molecule has 0 amide bonds. The van der Waals surface area contributed by atoms with Gasteiger partial charge in [-0.1, -0.05) is 0 Å². The molecule has 0 bridgehead atoms. The first-order valence-electron chi connectivity index (χ1n) is 13.8. The molecule has 0 aliphatic heterocycles. The Morgan fingerprint density at radius 2 is 0.658 bits per heavy atom. The van der Waals surface area contributed by atoms with Gasteiger partial charge in [-0.15, -0.1) is 0 Å². The van der Waals surface area contributed by atoms with Gasteiger partial charge >= 0.3 is 26.4 Å². The lowest BCUT2D eigenvalue weighted by atomic mass is 10.3. The Morgan fingerprint density at radius 1 is 0.421 bits per heavy atom. The number of benzene rings is 1. The number of hydrogen-bond acceptors (Lipinski definition) is 10. The largest absolute Gasteiger partial charge is 0.541 e. The Balaban J connectivity index is 4.37. The Hall–Kier alpha value is -0.689. The molecule has 0 radical (unpaired) electrons. The van der Waals surface area contributed by atoms with Gasteiger partial charge in [0.15, 0.2) is 0 Å². The summed E-state index contributed by atoms with van der Waals surface area (Å²) in [7, 11) is -8.82. The van der Waals surface area contributed by atoms with Crippen LogP contribution < -0.4 is 20.3 Å². The van der Waals surface area contributed by atoms with Crippen LogP contribution >= 0.6 is 0 Å². The minimum atomic E-state index is -3.51. The molecular formula is C25H50O10Si3. The van der Waals surface area contributed by atoms with Gasteiger partial charge in [0.1, 0.15) is 5.75 Å². The summed E-state index contributed by atoms with van der Waals surface area (Å²) in [6, 6.07) is 3.87. The van der Waals surface area contributed by atoms with Crippen LogP contribution in [0.5, 0.6) is 5.75 Å². The van der Waals surface area contributed by atoms with Crippen LogP contribution in [-0.4, -0.2) is 93.0 Å². The first-order valence-corrected chi connectivity index (χ1v) is 19.0. The summed E-state index contributed by atoms with van der Waals surface area (Å²) in [5, 5.41) is 1.97. The molecule has 0 aromatic heterocycles.